The van der Waals surface area contributed by atoms with E-state index in [1.807, 2.05) is 31.2 Å². The molecule has 0 saturated carbocycles. The zero-order valence-corrected chi connectivity index (χ0v) is 10.3. The molecule has 0 aliphatic carbocycles. The van der Waals surface area contributed by atoms with Crippen molar-refractivity contribution < 1.29 is 9.59 Å². The molecule has 0 spiro atoms. The first-order valence-electron chi connectivity index (χ1n) is 5.93. The summed E-state index contributed by atoms with van der Waals surface area (Å²) in [6.07, 6.45) is 7.15. The molecule has 1 aromatic rings. The molecule has 2 amide bonds. The Morgan fingerprint density at radius 1 is 1.39 bits per heavy atom. The monoisotopic (exact) mass is 241 g/mol. The van der Waals surface area contributed by atoms with Gasteiger partial charge < -0.3 is 0 Å². The summed E-state index contributed by atoms with van der Waals surface area (Å²) in [7, 11) is 0. The van der Waals surface area contributed by atoms with Gasteiger partial charge in [0, 0.05) is 12.6 Å². The third-order valence-electron chi connectivity index (χ3n) is 2.77. The highest BCUT2D eigenvalue weighted by atomic mass is 16.2. The molecule has 0 aromatic heterocycles. The Bertz CT molecular complexity index is 529. The molecule has 0 saturated heterocycles. The highest BCUT2D eigenvalue weighted by molar-refractivity contribution is 6.06. The van der Waals surface area contributed by atoms with Gasteiger partial charge in [-0.25, -0.2) is 0 Å². The summed E-state index contributed by atoms with van der Waals surface area (Å²) in [4.78, 5) is 24.6. The highest BCUT2D eigenvalue weighted by Gasteiger charge is 2.18. The van der Waals surface area contributed by atoms with Crippen molar-refractivity contribution in [2.24, 2.45) is 0 Å². The lowest BCUT2D eigenvalue weighted by Crippen LogP contribution is -2.37. The van der Waals surface area contributed by atoms with E-state index in [1.165, 1.54) is 17.1 Å². The fourth-order valence-corrected chi connectivity index (χ4v) is 1.84. The Morgan fingerprint density at radius 2 is 2.22 bits per heavy atom. The molecule has 18 heavy (non-hydrogen) atoms. The summed E-state index contributed by atoms with van der Waals surface area (Å²) in [5, 5.41) is 0. The van der Waals surface area contributed by atoms with Gasteiger partial charge in [-0.1, -0.05) is 35.9 Å². The van der Waals surface area contributed by atoms with Crippen LogP contribution >= 0.6 is 0 Å². The van der Waals surface area contributed by atoms with E-state index >= 15 is 0 Å². The van der Waals surface area contributed by atoms with Crippen molar-refractivity contribution in [1.82, 2.24) is 4.90 Å². The number of benzene rings is 1. The number of hydrogen-bond acceptors (Lipinski definition) is 2. The largest absolute Gasteiger partial charge is 0.275 e. The summed E-state index contributed by atoms with van der Waals surface area (Å²) < 4.78 is 0. The van der Waals surface area contributed by atoms with Gasteiger partial charge in [0.25, 0.3) is 11.8 Å². The number of aryl methyl sites for hydroxylation is 1. The molecule has 1 aromatic carbocycles. The zero-order valence-electron chi connectivity index (χ0n) is 10.3. The summed E-state index contributed by atoms with van der Waals surface area (Å²) >= 11 is 0. The number of hydrogen-bond donors (Lipinski definition) is 0. The number of rotatable bonds is 2. The summed E-state index contributed by atoms with van der Waals surface area (Å²) in [5.74, 6) is -0.494. The molecule has 0 N–H and O–H groups in total. The van der Waals surface area contributed by atoms with Crippen LogP contribution in [-0.4, -0.2) is 23.3 Å². The van der Waals surface area contributed by atoms with E-state index in [1.54, 1.807) is 12.2 Å². The number of carbonyl (C=O) groups excluding carboxylic acids is 2. The quantitative estimate of drug-likeness (QED) is 0.745. The van der Waals surface area contributed by atoms with Crippen LogP contribution in [0.2, 0.25) is 0 Å². The van der Waals surface area contributed by atoms with E-state index in [0.29, 0.717) is 6.54 Å². The van der Waals surface area contributed by atoms with Crippen LogP contribution in [-0.2, 0) is 9.59 Å². The Morgan fingerprint density at radius 3 is 2.94 bits per heavy atom. The van der Waals surface area contributed by atoms with Crippen LogP contribution in [0.25, 0.3) is 6.08 Å². The number of imide groups is 1. The molecule has 1 aliphatic rings. The lowest BCUT2D eigenvalue weighted by Gasteiger charge is -2.19. The maximum absolute atomic E-state index is 11.9. The molecule has 3 nitrogen and oxygen atoms in total. The Labute approximate surface area is 106 Å². The molecule has 2 rings (SSSR count). The third-order valence-corrected chi connectivity index (χ3v) is 2.77. The number of amides is 2. The van der Waals surface area contributed by atoms with Crippen LogP contribution in [0.5, 0.6) is 0 Å². The van der Waals surface area contributed by atoms with Crippen LogP contribution in [0, 0.1) is 6.92 Å². The average Bonchev–Trinajstić information content (AvgIpc) is 2.37. The van der Waals surface area contributed by atoms with Crippen molar-refractivity contribution in [2.45, 2.75) is 13.3 Å². The van der Waals surface area contributed by atoms with Gasteiger partial charge >= 0.3 is 0 Å². The standard InChI is InChI=1S/C15H15NO2/c1-12-5-4-6-13(11-12)8-9-15(18)16-10-3-2-7-14(16)17/h2,4-9,11H,3,10H2,1H3/b9-8+. The predicted molar refractivity (Wildman–Crippen MR) is 70.7 cm³/mol. The van der Waals surface area contributed by atoms with Crippen LogP contribution in [0.3, 0.4) is 0 Å². The first-order chi connectivity index (χ1) is 8.66. The molecule has 0 radical (unpaired) electrons. The second-order valence-electron chi connectivity index (χ2n) is 4.27. The van der Waals surface area contributed by atoms with Gasteiger partial charge in [0.2, 0.25) is 0 Å². The smallest absolute Gasteiger partial charge is 0.253 e. The maximum Gasteiger partial charge on any atom is 0.253 e. The summed E-state index contributed by atoms with van der Waals surface area (Å²) in [6, 6.07) is 7.85. The van der Waals surface area contributed by atoms with E-state index in [4.69, 9.17) is 0 Å². The van der Waals surface area contributed by atoms with E-state index in [0.717, 1.165) is 17.5 Å². The fourth-order valence-electron chi connectivity index (χ4n) is 1.84. The minimum Gasteiger partial charge on any atom is -0.275 e. The van der Waals surface area contributed by atoms with Gasteiger partial charge in [-0.15, -0.1) is 0 Å². The molecule has 1 heterocycles. The predicted octanol–water partition coefficient (Wildman–Crippen LogP) is 2.32. The van der Waals surface area contributed by atoms with Crippen LogP contribution in [0.4, 0.5) is 0 Å². The van der Waals surface area contributed by atoms with E-state index in [2.05, 4.69) is 0 Å². The maximum atomic E-state index is 11.9. The summed E-state index contributed by atoms with van der Waals surface area (Å²) in [5.41, 5.74) is 2.10. The van der Waals surface area contributed by atoms with Crippen molar-refractivity contribution in [2.75, 3.05) is 6.54 Å². The van der Waals surface area contributed by atoms with Gasteiger partial charge in [-0.05, 0) is 31.1 Å². The van der Waals surface area contributed by atoms with Crippen molar-refractivity contribution >= 4 is 17.9 Å². The molecule has 1 aliphatic heterocycles. The highest BCUT2D eigenvalue weighted by Crippen LogP contribution is 2.08. The van der Waals surface area contributed by atoms with Gasteiger partial charge in [-0.2, -0.15) is 0 Å². The molecule has 92 valence electrons. The van der Waals surface area contributed by atoms with Crippen molar-refractivity contribution in [1.29, 1.82) is 0 Å². The third kappa shape index (κ3) is 2.94. The number of carbonyl (C=O) groups is 2. The second kappa shape index (κ2) is 5.45. The first kappa shape index (κ1) is 12.3. The van der Waals surface area contributed by atoms with Crippen LogP contribution < -0.4 is 0 Å². The molecular formula is C15H15NO2. The van der Waals surface area contributed by atoms with Gasteiger partial charge in [-0.3, -0.25) is 14.5 Å². The topological polar surface area (TPSA) is 37.4 Å². The Balaban J connectivity index is 2.07. The first-order valence-corrected chi connectivity index (χ1v) is 5.93. The number of nitrogens with zero attached hydrogens (tertiary/aromatic N) is 1. The lowest BCUT2D eigenvalue weighted by molar-refractivity contribution is -0.139. The lowest BCUT2D eigenvalue weighted by atomic mass is 10.1. The molecule has 3 heteroatoms. The zero-order chi connectivity index (χ0) is 13.0. The molecule has 0 unspecified atom stereocenters. The molecule has 0 bridgehead atoms. The van der Waals surface area contributed by atoms with Gasteiger partial charge in [0.05, 0.1) is 0 Å². The average molecular weight is 241 g/mol. The molecule has 0 atom stereocenters. The molecule has 0 fully saturated rings. The van der Waals surface area contributed by atoms with Crippen molar-refractivity contribution in [3.63, 3.8) is 0 Å². The van der Waals surface area contributed by atoms with E-state index in [9.17, 15) is 9.59 Å². The van der Waals surface area contributed by atoms with Crippen molar-refractivity contribution in [3.8, 4) is 0 Å². The van der Waals surface area contributed by atoms with E-state index < -0.39 is 0 Å². The Hall–Kier alpha value is -2.16. The van der Waals surface area contributed by atoms with E-state index in [-0.39, 0.29) is 11.8 Å². The van der Waals surface area contributed by atoms with Crippen LogP contribution in [0.1, 0.15) is 17.5 Å². The minimum atomic E-state index is -0.258. The second-order valence-corrected chi connectivity index (χ2v) is 4.27. The fraction of sp³-hybridized carbons (Fsp3) is 0.200. The van der Waals surface area contributed by atoms with Crippen molar-refractivity contribution in [3.05, 3.63) is 53.6 Å². The van der Waals surface area contributed by atoms with Gasteiger partial charge in [0.15, 0.2) is 0 Å². The Kier molecular flexibility index (Phi) is 3.72. The van der Waals surface area contributed by atoms with Crippen LogP contribution in [0.15, 0.2) is 42.5 Å². The molecular weight excluding hydrogens is 226 g/mol. The summed E-state index contributed by atoms with van der Waals surface area (Å²) in [6.45, 7) is 2.46. The van der Waals surface area contributed by atoms with Gasteiger partial charge in [0.1, 0.15) is 0 Å². The normalized spacial score (nSPS) is 15.4. The minimum absolute atomic E-state index is 0.236. The SMILES string of the molecule is Cc1cccc(/C=C/C(=O)N2CCC=CC2=O)c1.